The van der Waals surface area contributed by atoms with Gasteiger partial charge >= 0.3 is 0 Å². The average molecular weight is 364 g/mol. The fourth-order valence-corrected chi connectivity index (χ4v) is 2.72. The third-order valence-corrected chi connectivity index (χ3v) is 3.98. The van der Waals surface area contributed by atoms with Crippen molar-refractivity contribution in [3.63, 3.8) is 0 Å². The molecule has 1 unspecified atom stereocenters. The van der Waals surface area contributed by atoms with Gasteiger partial charge in [-0.05, 0) is 6.07 Å². The largest absolute Gasteiger partial charge is 0.394 e. The van der Waals surface area contributed by atoms with Crippen molar-refractivity contribution in [3.8, 4) is 0 Å². The Morgan fingerprint density at radius 1 is 1.23 bits per heavy atom. The van der Waals surface area contributed by atoms with Gasteiger partial charge in [0, 0.05) is 18.0 Å². The first-order chi connectivity index (χ1) is 12.7. The maximum atomic E-state index is 14.3. The highest BCUT2D eigenvalue weighted by Crippen LogP contribution is 2.35. The van der Waals surface area contributed by atoms with E-state index in [1.807, 2.05) is 0 Å². The van der Waals surface area contributed by atoms with Gasteiger partial charge in [0.15, 0.2) is 17.9 Å². The van der Waals surface area contributed by atoms with Crippen LogP contribution < -0.4 is 5.32 Å². The molecule has 0 radical (unpaired) electrons. The predicted octanol–water partition coefficient (Wildman–Crippen LogP) is 2.09. The fourth-order valence-electron chi connectivity index (χ4n) is 2.72. The minimum absolute atomic E-state index is 0.0844. The molecule has 1 saturated heterocycles. The van der Waals surface area contributed by atoms with Crippen molar-refractivity contribution in [1.82, 2.24) is 15.1 Å². The zero-order valence-corrected chi connectivity index (χ0v) is 13.4. The molecular weight excluding hydrogens is 350 g/mol. The zero-order chi connectivity index (χ0) is 18.1. The second-order valence-electron chi connectivity index (χ2n) is 5.58. The molecule has 2 aromatic heterocycles. The summed E-state index contributed by atoms with van der Waals surface area (Å²) < 4.78 is 44.1. The summed E-state index contributed by atoms with van der Waals surface area (Å²) in [5.74, 6) is -2.17. The monoisotopic (exact) mass is 364 g/mol. The smallest absolute Gasteiger partial charge is 0.207 e. The Labute approximate surface area is 145 Å². The van der Waals surface area contributed by atoms with Crippen LogP contribution in [0.1, 0.15) is 23.6 Å². The van der Waals surface area contributed by atoms with Crippen molar-refractivity contribution < 1.29 is 27.9 Å². The van der Waals surface area contributed by atoms with E-state index in [2.05, 4.69) is 20.4 Å². The second kappa shape index (κ2) is 6.90. The Morgan fingerprint density at radius 2 is 2.04 bits per heavy atom. The SMILES string of the molecule is OCC(Nc1noc2c(F)c(F)c(C3OCCO3)cc12)c1cnccn1. The van der Waals surface area contributed by atoms with E-state index in [4.69, 9.17) is 14.0 Å². The third kappa shape index (κ3) is 2.87. The average Bonchev–Trinajstić information content (AvgIpc) is 3.33. The molecule has 4 rings (SSSR count). The number of aromatic nitrogens is 3. The molecule has 3 aromatic rings. The highest BCUT2D eigenvalue weighted by Gasteiger charge is 2.28. The number of nitrogens with one attached hydrogen (secondary N) is 1. The summed E-state index contributed by atoms with van der Waals surface area (Å²) in [7, 11) is 0. The molecule has 0 bridgehead atoms. The lowest BCUT2D eigenvalue weighted by molar-refractivity contribution is -0.0467. The highest BCUT2D eigenvalue weighted by atomic mass is 19.2. The number of hydrogen-bond acceptors (Lipinski definition) is 8. The van der Waals surface area contributed by atoms with Crippen molar-refractivity contribution in [3.05, 3.63) is 47.5 Å². The van der Waals surface area contributed by atoms with E-state index >= 15 is 0 Å². The Morgan fingerprint density at radius 3 is 2.73 bits per heavy atom. The summed E-state index contributed by atoms with van der Waals surface area (Å²) >= 11 is 0. The number of aliphatic hydroxyl groups is 1. The normalized spacial score (nSPS) is 16.3. The number of halogens is 2. The Kier molecular flexibility index (Phi) is 4.45. The summed E-state index contributed by atoms with van der Waals surface area (Å²) in [4.78, 5) is 8.04. The number of aliphatic hydroxyl groups excluding tert-OH is 1. The van der Waals surface area contributed by atoms with Gasteiger partial charge in [-0.3, -0.25) is 9.97 Å². The molecule has 136 valence electrons. The minimum Gasteiger partial charge on any atom is -0.394 e. The Balaban J connectivity index is 1.73. The molecule has 26 heavy (non-hydrogen) atoms. The fraction of sp³-hybridized carbons (Fsp3) is 0.312. The number of fused-ring (bicyclic) bond motifs is 1. The second-order valence-corrected chi connectivity index (χ2v) is 5.58. The van der Waals surface area contributed by atoms with Crippen molar-refractivity contribution in [2.24, 2.45) is 0 Å². The van der Waals surface area contributed by atoms with Crippen molar-refractivity contribution in [2.45, 2.75) is 12.3 Å². The Bertz CT molecular complexity index is 916. The summed E-state index contributed by atoms with van der Waals surface area (Å²) in [6.45, 7) is 0.258. The molecule has 1 aliphatic heterocycles. The van der Waals surface area contributed by atoms with Crippen LogP contribution in [0.25, 0.3) is 11.0 Å². The predicted molar refractivity (Wildman–Crippen MR) is 84.1 cm³/mol. The molecule has 8 nitrogen and oxygen atoms in total. The number of ether oxygens (including phenoxy) is 2. The highest BCUT2D eigenvalue weighted by molar-refractivity contribution is 5.89. The van der Waals surface area contributed by atoms with Crippen LogP contribution in [0.4, 0.5) is 14.6 Å². The molecule has 1 fully saturated rings. The topological polar surface area (TPSA) is 103 Å². The van der Waals surface area contributed by atoms with Gasteiger partial charge in [0.2, 0.25) is 11.4 Å². The lowest BCUT2D eigenvalue weighted by Crippen LogP contribution is -2.16. The molecule has 0 spiro atoms. The quantitative estimate of drug-likeness (QED) is 0.709. The molecular formula is C16H14F2N4O4. The van der Waals surface area contributed by atoms with Crippen LogP contribution in [0.3, 0.4) is 0 Å². The van der Waals surface area contributed by atoms with Gasteiger partial charge in [-0.25, -0.2) is 4.39 Å². The number of nitrogens with zero attached hydrogens (tertiary/aromatic N) is 3. The van der Waals surface area contributed by atoms with Gasteiger partial charge < -0.3 is 24.4 Å². The van der Waals surface area contributed by atoms with Crippen molar-refractivity contribution in [1.29, 1.82) is 0 Å². The van der Waals surface area contributed by atoms with Crippen molar-refractivity contribution >= 4 is 16.8 Å². The van der Waals surface area contributed by atoms with Crippen LogP contribution in [0.2, 0.25) is 0 Å². The molecule has 3 heterocycles. The van der Waals surface area contributed by atoms with E-state index in [1.54, 1.807) is 0 Å². The van der Waals surface area contributed by atoms with E-state index < -0.39 is 24.0 Å². The van der Waals surface area contributed by atoms with E-state index in [1.165, 1.54) is 24.7 Å². The van der Waals surface area contributed by atoms with Gasteiger partial charge in [0.25, 0.3) is 0 Å². The first-order valence-corrected chi connectivity index (χ1v) is 7.83. The molecule has 2 N–H and O–H groups in total. The van der Waals surface area contributed by atoms with Crippen LogP contribution in [-0.4, -0.2) is 40.1 Å². The summed E-state index contributed by atoms with van der Waals surface area (Å²) in [5, 5.41) is 16.5. The molecule has 10 heteroatoms. The van der Waals surface area contributed by atoms with E-state index in [0.29, 0.717) is 5.69 Å². The van der Waals surface area contributed by atoms with Gasteiger partial charge in [-0.15, -0.1) is 0 Å². The van der Waals surface area contributed by atoms with Crippen LogP contribution in [0, 0.1) is 11.6 Å². The first kappa shape index (κ1) is 16.8. The molecule has 0 saturated carbocycles. The van der Waals surface area contributed by atoms with E-state index in [-0.39, 0.29) is 42.2 Å². The maximum Gasteiger partial charge on any atom is 0.207 e. The maximum absolute atomic E-state index is 14.3. The third-order valence-electron chi connectivity index (χ3n) is 3.98. The van der Waals surface area contributed by atoms with Gasteiger partial charge in [0.05, 0.1) is 43.1 Å². The number of benzene rings is 1. The lowest BCUT2D eigenvalue weighted by Gasteiger charge is -2.15. The lowest BCUT2D eigenvalue weighted by atomic mass is 10.1. The van der Waals surface area contributed by atoms with E-state index in [0.717, 1.165) is 0 Å². The zero-order valence-electron chi connectivity index (χ0n) is 13.4. The van der Waals surface area contributed by atoms with E-state index in [9.17, 15) is 13.9 Å². The standard InChI is InChI=1S/C16H14F2N4O4/c17-12-8(16-24-3-4-25-16)5-9-14(13(12)18)26-22-15(9)21-11(7-23)10-6-19-1-2-20-10/h1-2,5-6,11,16,23H,3-4,7H2,(H,21,22). The van der Waals surface area contributed by atoms with Gasteiger partial charge in [0.1, 0.15) is 0 Å². The van der Waals surface area contributed by atoms with Crippen LogP contribution >= 0.6 is 0 Å². The number of rotatable bonds is 5. The summed E-state index contributed by atoms with van der Waals surface area (Å²) in [5.41, 5.74) is 0.0257. The van der Waals surface area contributed by atoms with Crippen LogP contribution in [-0.2, 0) is 9.47 Å². The molecule has 1 aromatic carbocycles. The van der Waals surface area contributed by atoms with Crippen LogP contribution in [0.5, 0.6) is 0 Å². The number of anilines is 1. The van der Waals surface area contributed by atoms with Crippen molar-refractivity contribution in [2.75, 3.05) is 25.1 Å². The minimum atomic E-state index is -1.18. The van der Waals surface area contributed by atoms with Crippen LogP contribution in [0.15, 0.2) is 29.2 Å². The molecule has 1 atom stereocenters. The first-order valence-electron chi connectivity index (χ1n) is 7.83. The molecule has 0 aliphatic carbocycles. The Hall–Kier alpha value is -2.69. The number of hydrogen-bond donors (Lipinski definition) is 2. The molecule has 0 amide bonds. The summed E-state index contributed by atoms with van der Waals surface area (Å²) in [6, 6.07) is 0.695. The molecule has 1 aliphatic rings. The van der Waals surface area contributed by atoms with Gasteiger partial charge in [-0.1, -0.05) is 5.16 Å². The van der Waals surface area contributed by atoms with Gasteiger partial charge in [-0.2, -0.15) is 4.39 Å². The summed E-state index contributed by atoms with van der Waals surface area (Å²) in [6.07, 6.45) is 3.45.